The van der Waals surface area contributed by atoms with E-state index in [0.29, 0.717) is 6.54 Å². The number of likely N-dealkylation sites (N-methyl/N-ethyl adjacent to an activating group) is 1. The smallest absolute Gasteiger partial charge is 0.191 e. The van der Waals surface area contributed by atoms with Crippen molar-refractivity contribution in [1.82, 2.24) is 20.5 Å². The van der Waals surface area contributed by atoms with Gasteiger partial charge >= 0.3 is 0 Å². The first-order valence-corrected chi connectivity index (χ1v) is 9.74. The third kappa shape index (κ3) is 6.50. The van der Waals surface area contributed by atoms with Crippen LogP contribution in [0.25, 0.3) is 0 Å². The van der Waals surface area contributed by atoms with Crippen LogP contribution in [-0.2, 0) is 11.3 Å². The maximum atomic E-state index is 5.54. The van der Waals surface area contributed by atoms with Gasteiger partial charge in [-0.25, -0.2) is 9.98 Å². The molecule has 2 N–H and O–H groups in total. The molecule has 0 radical (unpaired) electrons. The number of halogens is 1. The Kier molecular flexibility index (Phi) is 10.1. The number of aliphatic imine (C=N–C) groups is 1. The number of thiazole rings is 1. The minimum atomic E-state index is 0. The summed E-state index contributed by atoms with van der Waals surface area (Å²) in [5, 5.41) is 9.93. The maximum absolute atomic E-state index is 5.54. The van der Waals surface area contributed by atoms with Crippen molar-refractivity contribution in [1.29, 1.82) is 0 Å². The third-order valence-corrected chi connectivity index (χ3v) is 5.68. The van der Waals surface area contributed by atoms with Crippen LogP contribution in [0.5, 0.6) is 0 Å². The van der Waals surface area contributed by atoms with E-state index in [1.165, 1.54) is 0 Å². The highest BCUT2D eigenvalue weighted by atomic mass is 127. The van der Waals surface area contributed by atoms with Crippen LogP contribution in [0.15, 0.2) is 10.4 Å². The molecule has 1 saturated heterocycles. The van der Waals surface area contributed by atoms with Crippen LogP contribution in [0.3, 0.4) is 0 Å². The first kappa shape index (κ1) is 23.4. The van der Waals surface area contributed by atoms with Gasteiger partial charge in [-0.3, -0.25) is 0 Å². The van der Waals surface area contributed by atoms with Crippen LogP contribution in [0.2, 0.25) is 0 Å². The fraction of sp³-hybridized carbons (Fsp3) is 0.765. The molecule has 0 atom stereocenters. The van der Waals surface area contributed by atoms with E-state index in [1.807, 2.05) is 19.0 Å². The zero-order chi connectivity index (χ0) is 18.3. The zero-order valence-electron chi connectivity index (χ0n) is 16.5. The maximum Gasteiger partial charge on any atom is 0.191 e. The molecule has 150 valence electrons. The number of guanidine groups is 1. The van der Waals surface area contributed by atoms with Gasteiger partial charge < -0.3 is 25.2 Å². The van der Waals surface area contributed by atoms with Crippen LogP contribution in [-0.4, -0.2) is 75.9 Å². The average Bonchev–Trinajstić information content (AvgIpc) is 3.07. The van der Waals surface area contributed by atoms with E-state index >= 15 is 0 Å². The second kappa shape index (κ2) is 11.3. The third-order valence-electron chi connectivity index (χ3n) is 4.62. The summed E-state index contributed by atoms with van der Waals surface area (Å²) < 4.78 is 5.54. The monoisotopic (exact) mass is 496 g/mol. The molecule has 26 heavy (non-hydrogen) atoms. The number of rotatable bonds is 7. The second-order valence-electron chi connectivity index (χ2n) is 6.80. The normalized spacial score (nSPS) is 16.9. The van der Waals surface area contributed by atoms with E-state index in [0.717, 1.165) is 55.9 Å². The molecular formula is C17H33IN6OS. The van der Waals surface area contributed by atoms with Gasteiger partial charge in [-0.1, -0.05) is 0 Å². The van der Waals surface area contributed by atoms with E-state index in [1.54, 1.807) is 11.3 Å². The molecule has 1 aliphatic heterocycles. The van der Waals surface area contributed by atoms with Crippen LogP contribution in [0.4, 0.5) is 5.13 Å². The molecular weight excluding hydrogens is 463 g/mol. The topological polar surface area (TPSA) is 65.0 Å². The molecule has 1 fully saturated rings. The molecule has 0 saturated carbocycles. The molecule has 2 heterocycles. The highest BCUT2D eigenvalue weighted by Crippen LogP contribution is 2.25. The predicted molar refractivity (Wildman–Crippen MR) is 121 cm³/mol. The minimum absolute atomic E-state index is 0. The molecule has 0 bridgehead atoms. The lowest BCUT2D eigenvalue weighted by atomic mass is 9.88. The van der Waals surface area contributed by atoms with Crippen molar-refractivity contribution >= 4 is 46.4 Å². The Balaban J connectivity index is 0.00000338. The Bertz CT molecular complexity index is 557. The van der Waals surface area contributed by atoms with E-state index in [-0.39, 0.29) is 29.5 Å². The summed E-state index contributed by atoms with van der Waals surface area (Å²) in [5.41, 5.74) is 1.12. The standard InChI is InChI=1S/C17H32N6OS.HI/c1-6-18-15(19-11-14-12-25-16(21-14)22(2)3)20-13-17(23(4)5)7-9-24-10-8-17;/h12H,6-11,13H2,1-5H3,(H2,18,19,20);1H. The molecule has 0 amide bonds. The number of hydrogen-bond donors (Lipinski definition) is 2. The van der Waals surface area contributed by atoms with Gasteiger partial charge in [-0.2, -0.15) is 0 Å². The van der Waals surface area contributed by atoms with E-state index in [9.17, 15) is 0 Å². The van der Waals surface area contributed by atoms with Crippen molar-refractivity contribution in [2.45, 2.75) is 31.8 Å². The van der Waals surface area contributed by atoms with Gasteiger partial charge in [0.05, 0.1) is 12.2 Å². The molecule has 2 rings (SSSR count). The van der Waals surface area contributed by atoms with Gasteiger partial charge in [-0.15, -0.1) is 35.3 Å². The first-order valence-electron chi connectivity index (χ1n) is 8.86. The Morgan fingerprint density at radius 2 is 1.96 bits per heavy atom. The molecule has 0 spiro atoms. The zero-order valence-corrected chi connectivity index (χ0v) is 19.7. The van der Waals surface area contributed by atoms with Crippen molar-refractivity contribution < 1.29 is 4.74 Å². The van der Waals surface area contributed by atoms with Gasteiger partial charge in [0.1, 0.15) is 0 Å². The van der Waals surface area contributed by atoms with E-state index in [4.69, 9.17) is 9.73 Å². The van der Waals surface area contributed by atoms with Crippen molar-refractivity contribution in [3.63, 3.8) is 0 Å². The minimum Gasteiger partial charge on any atom is -0.381 e. The van der Waals surface area contributed by atoms with E-state index < -0.39 is 0 Å². The predicted octanol–water partition coefficient (Wildman–Crippen LogP) is 1.99. The molecule has 1 aromatic heterocycles. The fourth-order valence-electron chi connectivity index (χ4n) is 2.86. The molecule has 7 nitrogen and oxygen atoms in total. The van der Waals surface area contributed by atoms with Crippen LogP contribution >= 0.6 is 35.3 Å². The highest BCUT2D eigenvalue weighted by Gasteiger charge is 2.34. The highest BCUT2D eigenvalue weighted by molar-refractivity contribution is 14.0. The van der Waals surface area contributed by atoms with E-state index in [2.05, 4.69) is 46.9 Å². The van der Waals surface area contributed by atoms with Crippen molar-refractivity contribution in [3.8, 4) is 0 Å². The Hall–Kier alpha value is -0.650. The van der Waals surface area contributed by atoms with Crippen LogP contribution in [0, 0.1) is 0 Å². The molecule has 0 aromatic carbocycles. The summed E-state index contributed by atoms with van der Waals surface area (Å²) in [6.07, 6.45) is 2.06. The Labute approximate surface area is 178 Å². The quantitative estimate of drug-likeness (QED) is 0.342. The summed E-state index contributed by atoms with van der Waals surface area (Å²) in [4.78, 5) is 13.6. The summed E-state index contributed by atoms with van der Waals surface area (Å²) in [5.74, 6) is 0.842. The molecule has 0 aliphatic carbocycles. The molecule has 0 unspecified atom stereocenters. The van der Waals surface area contributed by atoms with Gasteiger partial charge in [0, 0.05) is 51.3 Å². The number of nitrogens with one attached hydrogen (secondary N) is 2. The number of aromatic nitrogens is 1. The van der Waals surface area contributed by atoms with Crippen molar-refractivity contribution in [3.05, 3.63) is 11.1 Å². The lowest BCUT2D eigenvalue weighted by Gasteiger charge is -2.43. The fourth-order valence-corrected chi connectivity index (χ4v) is 3.61. The van der Waals surface area contributed by atoms with Gasteiger partial charge in [0.15, 0.2) is 11.1 Å². The molecule has 1 aromatic rings. The lowest BCUT2D eigenvalue weighted by Crippen LogP contribution is -2.57. The first-order chi connectivity index (χ1) is 12.0. The molecule has 1 aliphatic rings. The number of nitrogens with zero attached hydrogens (tertiary/aromatic N) is 4. The average molecular weight is 496 g/mol. The Morgan fingerprint density at radius 1 is 1.27 bits per heavy atom. The summed E-state index contributed by atoms with van der Waals surface area (Å²) >= 11 is 1.65. The number of hydrogen-bond acceptors (Lipinski definition) is 6. The van der Waals surface area contributed by atoms with Gasteiger partial charge in [-0.05, 0) is 33.9 Å². The summed E-state index contributed by atoms with van der Waals surface area (Å²) in [6.45, 7) is 6.00. The SMILES string of the molecule is CCNC(=NCc1csc(N(C)C)n1)NCC1(N(C)C)CCOCC1.I. The summed E-state index contributed by atoms with van der Waals surface area (Å²) in [6, 6.07) is 0. The van der Waals surface area contributed by atoms with Crippen LogP contribution in [0.1, 0.15) is 25.5 Å². The lowest BCUT2D eigenvalue weighted by molar-refractivity contribution is -0.00501. The number of ether oxygens (including phenoxy) is 1. The van der Waals surface area contributed by atoms with Gasteiger partial charge in [0.2, 0.25) is 0 Å². The largest absolute Gasteiger partial charge is 0.381 e. The van der Waals surface area contributed by atoms with Crippen molar-refractivity contribution in [2.75, 3.05) is 59.4 Å². The van der Waals surface area contributed by atoms with Crippen LogP contribution < -0.4 is 15.5 Å². The van der Waals surface area contributed by atoms with Crippen molar-refractivity contribution in [2.24, 2.45) is 4.99 Å². The Morgan fingerprint density at radius 3 is 2.50 bits per heavy atom. The summed E-state index contributed by atoms with van der Waals surface area (Å²) in [7, 11) is 8.31. The van der Waals surface area contributed by atoms with Gasteiger partial charge in [0.25, 0.3) is 0 Å². The molecule has 9 heteroatoms. The number of anilines is 1. The second-order valence-corrected chi connectivity index (χ2v) is 7.63.